The molecular formula is C9H9F2NO. The van der Waals surface area contributed by atoms with E-state index < -0.39 is 17.5 Å². The minimum absolute atomic E-state index is 0.0162. The van der Waals surface area contributed by atoms with Gasteiger partial charge in [0.05, 0.1) is 0 Å². The summed E-state index contributed by atoms with van der Waals surface area (Å²) in [5, 5.41) is 0. The lowest BCUT2D eigenvalue weighted by atomic mass is 10.2. The number of benzene rings is 1. The Morgan fingerprint density at radius 3 is 2.00 bits per heavy atom. The molecular weight excluding hydrogens is 176 g/mol. The first-order valence-corrected chi connectivity index (χ1v) is 3.68. The molecule has 1 amide bonds. The molecule has 0 atom stereocenters. The van der Waals surface area contributed by atoms with E-state index in [0.717, 1.165) is 18.2 Å². The van der Waals surface area contributed by atoms with Crippen LogP contribution in [-0.2, 0) is 0 Å². The molecule has 0 aromatic heterocycles. The molecule has 0 radical (unpaired) electrons. The van der Waals surface area contributed by atoms with Crippen molar-refractivity contribution in [3.8, 4) is 0 Å². The molecule has 70 valence electrons. The van der Waals surface area contributed by atoms with E-state index in [2.05, 4.69) is 0 Å². The minimum Gasteiger partial charge on any atom is -0.345 e. The van der Waals surface area contributed by atoms with E-state index in [0.29, 0.717) is 0 Å². The highest BCUT2D eigenvalue weighted by Crippen LogP contribution is 2.09. The topological polar surface area (TPSA) is 20.3 Å². The third-order valence-electron chi connectivity index (χ3n) is 1.52. The number of halogens is 2. The normalized spacial score (nSPS) is 9.85. The quantitative estimate of drug-likeness (QED) is 0.651. The van der Waals surface area contributed by atoms with Crippen LogP contribution in [0.25, 0.3) is 0 Å². The predicted octanol–water partition coefficient (Wildman–Crippen LogP) is 1.67. The molecule has 0 aliphatic heterocycles. The first-order chi connectivity index (χ1) is 6.00. The Bertz CT molecular complexity index is 316. The van der Waals surface area contributed by atoms with Crippen LogP contribution >= 0.6 is 0 Å². The highest BCUT2D eigenvalue weighted by atomic mass is 19.1. The smallest absolute Gasteiger partial charge is 0.253 e. The predicted molar refractivity (Wildman–Crippen MR) is 44.4 cm³/mol. The van der Waals surface area contributed by atoms with Crippen LogP contribution in [0.3, 0.4) is 0 Å². The molecule has 0 bridgehead atoms. The standard InChI is InChI=1S/C9H9F2NO/c1-12(2)9(13)6-3-7(10)5-8(11)4-6/h3-5H,1-2H3. The monoisotopic (exact) mass is 185 g/mol. The van der Waals surface area contributed by atoms with Crippen molar-refractivity contribution in [2.45, 2.75) is 0 Å². The lowest BCUT2D eigenvalue weighted by Crippen LogP contribution is -2.21. The zero-order valence-corrected chi connectivity index (χ0v) is 7.34. The van der Waals surface area contributed by atoms with Gasteiger partial charge in [0.25, 0.3) is 5.91 Å². The summed E-state index contributed by atoms with van der Waals surface area (Å²) in [5.74, 6) is -1.91. The van der Waals surface area contributed by atoms with E-state index in [1.807, 2.05) is 0 Å². The largest absolute Gasteiger partial charge is 0.345 e. The third-order valence-corrected chi connectivity index (χ3v) is 1.52. The molecule has 1 rings (SSSR count). The maximum absolute atomic E-state index is 12.6. The Kier molecular flexibility index (Phi) is 2.60. The molecule has 1 aromatic rings. The van der Waals surface area contributed by atoms with Gasteiger partial charge in [0.1, 0.15) is 11.6 Å². The number of rotatable bonds is 1. The van der Waals surface area contributed by atoms with Crippen LogP contribution in [-0.4, -0.2) is 24.9 Å². The van der Waals surface area contributed by atoms with Crippen molar-refractivity contribution in [1.82, 2.24) is 4.90 Å². The van der Waals surface area contributed by atoms with Gasteiger partial charge in [-0.3, -0.25) is 4.79 Å². The molecule has 13 heavy (non-hydrogen) atoms. The van der Waals surface area contributed by atoms with Crippen molar-refractivity contribution < 1.29 is 13.6 Å². The van der Waals surface area contributed by atoms with Gasteiger partial charge in [-0.05, 0) is 12.1 Å². The first kappa shape index (κ1) is 9.64. The van der Waals surface area contributed by atoms with Crippen molar-refractivity contribution in [3.05, 3.63) is 35.4 Å². The zero-order chi connectivity index (χ0) is 10.0. The van der Waals surface area contributed by atoms with Gasteiger partial charge in [-0.1, -0.05) is 0 Å². The van der Waals surface area contributed by atoms with Gasteiger partial charge in [0.2, 0.25) is 0 Å². The van der Waals surface area contributed by atoms with Gasteiger partial charge in [-0.2, -0.15) is 0 Å². The number of carbonyl (C=O) groups excluding carboxylic acids is 1. The summed E-state index contributed by atoms with van der Waals surface area (Å²) in [4.78, 5) is 12.5. The molecule has 0 aliphatic carbocycles. The number of hydrogen-bond acceptors (Lipinski definition) is 1. The van der Waals surface area contributed by atoms with Crippen molar-refractivity contribution >= 4 is 5.91 Å². The molecule has 4 heteroatoms. The summed E-state index contributed by atoms with van der Waals surface area (Å²) in [5.41, 5.74) is 0.0162. The molecule has 0 N–H and O–H groups in total. The van der Waals surface area contributed by atoms with Crippen molar-refractivity contribution in [3.63, 3.8) is 0 Å². The van der Waals surface area contributed by atoms with Crippen LogP contribution in [0.5, 0.6) is 0 Å². The Morgan fingerprint density at radius 1 is 1.15 bits per heavy atom. The van der Waals surface area contributed by atoms with E-state index in [4.69, 9.17) is 0 Å². The fourth-order valence-electron chi connectivity index (χ4n) is 0.936. The van der Waals surface area contributed by atoms with Crippen LogP contribution < -0.4 is 0 Å². The zero-order valence-electron chi connectivity index (χ0n) is 7.34. The van der Waals surface area contributed by atoms with Gasteiger partial charge in [-0.25, -0.2) is 8.78 Å². The van der Waals surface area contributed by atoms with Gasteiger partial charge < -0.3 is 4.90 Å². The SMILES string of the molecule is CN(C)C(=O)c1cc(F)cc(F)c1. The van der Waals surface area contributed by atoms with Crippen LogP contribution in [0.15, 0.2) is 18.2 Å². The van der Waals surface area contributed by atoms with E-state index >= 15 is 0 Å². The minimum atomic E-state index is -0.745. The lowest BCUT2D eigenvalue weighted by Gasteiger charge is -2.09. The number of amides is 1. The molecule has 0 heterocycles. The average molecular weight is 185 g/mol. The van der Waals surface area contributed by atoms with E-state index in [-0.39, 0.29) is 5.56 Å². The second-order valence-electron chi connectivity index (χ2n) is 2.86. The molecule has 0 aliphatic rings. The molecule has 0 spiro atoms. The van der Waals surface area contributed by atoms with Gasteiger partial charge in [0.15, 0.2) is 0 Å². The average Bonchev–Trinajstić information content (AvgIpc) is 2.01. The molecule has 0 saturated heterocycles. The summed E-state index contributed by atoms with van der Waals surface area (Å²) in [6.45, 7) is 0. The fourth-order valence-corrected chi connectivity index (χ4v) is 0.936. The summed E-state index contributed by atoms with van der Waals surface area (Å²) in [6, 6.07) is 2.74. The van der Waals surface area contributed by atoms with Crippen LogP contribution in [0, 0.1) is 11.6 Å². The molecule has 0 saturated carbocycles. The van der Waals surface area contributed by atoms with Crippen molar-refractivity contribution in [1.29, 1.82) is 0 Å². The van der Waals surface area contributed by atoms with Gasteiger partial charge in [-0.15, -0.1) is 0 Å². The second-order valence-corrected chi connectivity index (χ2v) is 2.86. The number of hydrogen-bond donors (Lipinski definition) is 0. The maximum atomic E-state index is 12.6. The fraction of sp³-hybridized carbons (Fsp3) is 0.222. The molecule has 1 aromatic carbocycles. The molecule has 0 unspecified atom stereocenters. The maximum Gasteiger partial charge on any atom is 0.253 e. The summed E-state index contributed by atoms with van der Waals surface area (Å²) >= 11 is 0. The first-order valence-electron chi connectivity index (χ1n) is 3.68. The van der Waals surface area contributed by atoms with E-state index in [1.165, 1.54) is 19.0 Å². The highest BCUT2D eigenvalue weighted by Gasteiger charge is 2.10. The van der Waals surface area contributed by atoms with Crippen molar-refractivity contribution in [2.24, 2.45) is 0 Å². The number of carbonyl (C=O) groups is 1. The van der Waals surface area contributed by atoms with Gasteiger partial charge >= 0.3 is 0 Å². The van der Waals surface area contributed by atoms with Crippen molar-refractivity contribution in [2.75, 3.05) is 14.1 Å². The Labute approximate surface area is 74.8 Å². The molecule has 0 fully saturated rings. The Balaban J connectivity index is 3.08. The summed E-state index contributed by atoms with van der Waals surface area (Å²) < 4.78 is 25.3. The Morgan fingerprint density at radius 2 is 1.62 bits per heavy atom. The second kappa shape index (κ2) is 3.51. The van der Waals surface area contributed by atoms with E-state index in [1.54, 1.807) is 0 Å². The van der Waals surface area contributed by atoms with Gasteiger partial charge in [0, 0.05) is 25.7 Å². The third kappa shape index (κ3) is 2.24. The van der Waals surface area contributed by atoms with Crippen LogP contribution in [0.1, 0.15) is 10.4 Å². The molecule has 2 nitrogen and oxygen atoms in total. The highest BCUT2D eigenvalue weighted by molar-refractivity contribution is 5.93. The summed E-state index contributed by atoms with van der Waals surface area (Å²) in [6.07, 6.45) is 0. The van der Waals surface area contributed by atoms with E-state index in [9.17, 15) is 13.6 Å². The van der Waals surface area contributed by atoms with Crippen LogP contribution in [0.2, 0.25) is 0 Å². The Hall–Kier alpha value is -1.45. The summed E-state index contributed by atoms with van der Waals surface area (Å²) in [7, 11) is 3.04. The number of nitrogens with zero attached hydrogens (tertiary/aromatic N) is 1. The van der Waals surface area contributed by atoms with Crippen LogP contribution in [0.4, 0.5) is 8.78 Å². The lowest BCUT2D eigenvalue weighted by molar-refractivity contribution is 0.0826.